The van der Waals surface area contributed by atoms with E-state index in [0.29, 0.717) is 38.5 Å². The second-order valence-electron chi connectivity index (χ2n) is 34.2. The molecule has 5 aliphatic carbocycles. The number of aliphatic carboxylic acids is 1. The molecule has 0 aromatic rings. The molecule has 43 atom stereocenters. The Morgan fingerprint density at radius 3 is 1.59 bits per heavy atom. The molecule has 0 bridgehead atoms. The van der Waals surface area contributed by atoms with Gasteiger partial charge in [0.05, 0.1) is 56.3 Å². The lowest BCUT2D eigenvalue weighted by Gasteiger charge is -2.71. The molecule has 110 heavy (non-hydrogen) atoms. The largest absolute Gasteiger partial charge is 0.479 e. The van der Waals surface area contributed by atoms with Crippen molar-refractivity contribution in [1.82, 2.24) is 0 Å². The minimum absolute atomic E-state index is 0.0158. The van der Waals surface area contributed by atoms with Crippen LogP contribution in [-0.2, 0) is 90.2 Å². The van der Waals surface area contributed by atoms with Crippen LogP contribution in [0.5, 0.6) is 0 Å². The average Bonchev–Trinajstić information content (AvgIpc) is 0.669. The molecular weight excluding hydrogens is 1470 g/mol. The van der Waals surface area contributed by atoms with Crippen molar-refractivity contribution in [2.24, 2.45) is 50.2 Å². The fourth-order valence-corrected chi connectivity index (χ4v) is 20.6. The topological polar surface area (TPSA) is 591 Å². The summed E-state index contributed by atoms with van der Waals surface area (Å²) in [5.41, 5.74) is -5.19. The fourth-order valence-electron chi connectivity index (χ4n) is 20.6. The Bertz CT molecular complexity index is 3260. The number of carbonyl (C=O) groups excluding carboxylic acids is 3. The molecule has 4 saturated carbocycles. The van der Waals surface area contributed by atoms with Gasteiger partial charge < -0.3 is 173 Å². The quantitative estimate of drug-likeness (QED) is 0.0247. The third kappa shape index (κ3) is 14.9. The molecule has 11 fully saturated rings. The monoisotopic (exact) mass is 1580 g/mol. The van der Waals surface area contributed by atoms with Crippen molar-refractivity contribution < 1.29 is 187 Å². The van der Waals surface area contributed by atoms with E-state index in [-0.39, 0.29) is 25.2 Å². The maximum absolute atomic E-state index is 16.1. The van der Waals surface area contributed by atoms with Crippen LogP contribution in [0.4, 0.5) is 0 Å². The zero-order chi connectivity index (χ0) is 80.5. The molecule has 0 amide bonds. The number of rotatable bonds is 19. The molecule has 7 heterocycles. The highest BCUT2D eigenvalue weighted by Gasteiger charge is 2.73. The van der Waals surface area contributed by atoms with Crippen molar-refractivity contribution in [3.8, 4) is 0 Å². The smallest absolute Gasteiger partial charge is 0.335 e. The molecule has 7 saturated heterocycles. The molecular formula is C72H112O38. The Balaban J connectivity index is 0.822. The molecule has 19 N–H and O–H groups in total. The lowest BCUT2D eigenvalue weighted by Crippen LogP contribution is -2.69. The maximum atomic E-state index is 16.1. The van der Waals surface area contributed by atoms with E-state index < -0.39 is 304 Å². The van der Waals surface area contributed by atoms with E-state index in [2.05, 4.69) is 26.8 Å². The number of carbonyl (C=O) groups is 4. The summed E-state index contributed by atoms with van der Waals surface area (Å²) >= 11 is 0. The highest BCUT2D eigenvalue weighted by Crippen LogP contribution is 2.76. The van der Waals surface area contributed by atoms with E-state index in [1.807, 2.05) is 13.8 Å². The Hall–Kier alpha value is -3.42. The molecule has 0 aromatic heterocycles. The summed E-state index contributed by atoms with van der Waals surface area (Å²) < 4.78 is 89.9. The SMILES string of the molecule is CC(=O)OC1C(CO)OC(O[C@H]2[C@H](OC(=O)[C@]34CCC(C)(C)C[C@H]3C3=CCC5[C@@]6(C)CC[C@H](O[C@@H]7O[C@H](C(=O)O)[C@@H](O)[C@H](O[C@@H]8OC[C@@H](O)[C@H](O)[C@H]8O)[C@H]7O[C@@H]7O[C@H](CO)[C@H](O)[C@H](O)[C@H]7O)[C@@](C)(C=O)C6CC[C@@]5(C)[C@]3(C)C[C@H]4O)O[C@H](C)[C@H](OC3OC(C)C(OC4OCC(O)C(O)C4O)C(O)C3O)[C@@H]2O)C(O)C1O. The van der Waals surface area contributed by atoms with Gasteiger partial charge in [0.15, 0.2) is 56.1 Å². The Kier molecular flexibility index (Phi) is 25.4. The first-order valence-corrected chi connectivity index (χ1v) is 37.9. The zero-order valence-corrected chi connectivity index (χ0v) is 62.5. The Labute approximate surface area is 632 Å². The van der Waals surface area contributed by atoms with Crippen molar-refractivity contribution in [1.29, 1.82) is 0 Å². The average molecular weight is 1590 g/mol. The second-order valence-corrected chi connectivity index (χ2v) is 34.2. The number of hydrogen-bond donors (Lipinski definition) is 19. The molecule has 38 nitrogen and oxygen atoms in total. The number of allylic oxidation sites excluding steroid dienone is 2. The zero-order valence-electron chi connectivity index (χ0n) is 62.5. The van der Waals surface area contributed by atoms with E-state index >= 15 is 4.79 Å². The number of aliphatic hydroxyl groups is 18. The molecule has 628 valence electrons. The summed E-state index contributed by atoms with van der Waals surface area (Å²) in [4.78, 5) is 55.6. The minimum atomic E-state index is -2.24. The molecule has 7 aliphatic heterocycles. The Morgan fingerprint density at radius 2 is 1.01 bits per heavy atom. The lowest BCUT2D eigenvalue weighted by molar-refractivity contribution is -0.391. The Morgan fingerprint density at radius 1 is 0.491 bits per heavy atom. The van der Waals surface area contributed by atoms with Crippen LogP contribution in [0.25, 0.3) is 0 Å². The first kappa shape index (κ1) is 85.9. The number of aliphatic hydroxyl groups excluding tert-OH is 18. The van der Waals surface area contributed by atoms with E-state index in [4.69, 9.17) is 71.1 Å². The molecule has 38 heteroatoms. The van der Waals surface area contributed by atoms with Crippen LogP contribution in [0.15, 0.2) is 11.6 Å². The van der Waals surface area contributed by atoms with Crippen LogP contribution >= 0.6 is 0 Å². The number of aldehydes is 1. The van der Waals surface area contributed by atoms with Crippen LogP contribution in [0, 0.1) is 50.2 Å². The van der Waals surface area contributed by atoms with Gasteiger partial charge in [-0.1, -0.05) is 53.2 Å². The second kappa shape index (κ2) is 32.5. The van der Waals surface area contributed by atoms with Gasteiger partial charge in [-0.25, -0.2) is 4.79 Å². The van der Waals surface area contributed by atoms with Crippen LogP contribution in [0.3, 0.4) is 0 Å². The van der Waals surface area contributed by atoms with Crippen LogP contribution in [-0.4, -0.2) is 363 Å². The standard InChI is InChI=1S/C72H112O38/c1-25-51(104-59-44(86)38(80)30(77)22-96-59)42(84)47(89)61(98-25)105-52-26(2)99-64(56(49(52)91)108-63-48(90)43(85)53(100-27(3)76)33(21-74)102-63)110-66(95)72-17-16-67(4,5)18-29(72)28-10-11-35-68(6)14-13-37(69(7,24-75)34(68)12-15-70(35,8)71(28,9)19-36(72)79)103-65-57(109-62-46(88)41(83)40(82)32(20-73)101-62)54(50(92)55(107-65)58(93)94)106-60-45(87)39(81)31(78)23-97-60/h10,24-26,29-57,59-65,73-74,77-92H,11-23H2,1-9H3,(H,93,94)/t25?,26-,29+,30?,31-,32-,33?,34?,35?,36-,37+,38?,39+,40+,41+,42?,43?,44?,45-,46-,47?,48?,49+,50+,51?,52+,53?,54+,55+,56-,57-,59?,60+,61?,62+,63?,64+,65-,68+,69+,70-,71-,72-/m1/s1. The van der Waals surface area contributed by atoms with Crippen LogP contribution in [0.1, 0.15) is 120 Å². The van der Waals surface area contributed by atoms with Gasteiger partial charge in [-0.2, -0.15) is 0 Å². The first-order valence-electron chi connectivity index (χ1n) is 37.9. The number of fused-ring (bicyclic) bond motifs is 7. The normalized spacial score (nSPS) is 53.7. The number of carboxylic acid groups (broad SMARTS) is 1. The summed E-state index contributed by atoms with van der Waals surface area (Å²) in [7, 11) is 0. The van der Waals surface area contributed by atoms with Gasteiger partial charge in [-0.05, 0) is 111 Å². The first-order chi connectivity index (χ1) is 51.6. The third-order valence-electron chi connectivity index (χ3n) is 27.1. The van der Waals surface area contributed by atoms with Gasteiger partial charge >= 0.3 is 17.9 Å². The number of carboxylic acids is 1. The van der Waals surface area contributed by atoms with Gasteiger partial charge in [0.1, 0.15) is 140 Å². The fraction of sp³-hybridized carbons (Fsp3) is 0.917. The predicted octanol–water partition coefficient (Wildman–Crippen LogP) is -6.42. The summed E-state index contributed by atoms with van der Waals surface area (Å²) in [6.07, 6.45) is -58.1. The van der Waals surface area contributed by atoms with E-state index in [1.165, 1.54) is 13.8 Å². The van der Waals surface area contributed by atoms with Crippen molar-refractivity contribution >= 4 is 24.2 Å². The summed E-state index contributed by atoms with van der Waals surface area (Å²) in [6.45, 7) is 13.0. The lowest BCUT2D eigenvalue weighted by atomic mass is 9.33. The van der Waals surface area contributed by atoms with E-state index in [0.717, 1.165) is 18.8 Å². The van der Waals surface area contributed by atoms with Gasteiger partial charge in [-0.3, -0.25) is 9.59 Å². The van der Waals surface area contributed by atoms with Gasteiger partial charge in [0.25, 0.3) is 0 Å². The van der Waals surface area contributed by atoms with Crippen LogP contribution in [0.2, 0.25) is 0 Å². The van der Waals surface area contributed by atoms with E-state index in [1.54, 1.807) is 6.92 Å². The van der Waals surface area contributed by atoms with Gasteiger partial charge in [0.2, 0.25) is 6.29 Å². The third-order valence-corrected chi connectivity index (χ3v) is 27.1. The van der Waals surface area contributed by atoms with Crippen molar-refractivity contribution in [2.45, 2.75) is 335 Å². The van der Waals surface area contributed by atoms with Crippen molar-refractivity contribution in [2.75, 3.05) is 26.4 Å². The van der Waals surface area contributed by atoms with Crippen molar-refractivity contribution in [3.05, 3.63) is 11.6 Å². The predicted molar refractivity (Wildman–Crippen MR) is 358 cm³/mol. The minimum Gasteiger partial charge on any atom is -0.479 e. The van der Waals surface area contributed by atoms with Crippen LogP contribution < -0.4 is 0 Å². The highest BCUT2D eigenvalue weighted by molar-refractivity contribution is 5.80. The molecule has 0 spiro atoms. The number of esters is 2. The summed E-state index contributed by atoms with van der Waals surface area (Å²) in [5.74, 6) is -5.19. The molecule has 0 radical (unpaired) electrons. The highest BCUT2D eigenvalue weighted by atomic mass is 16.8. The maximum Gasteiger partial charge on any atom is 0.335 e. The molecule has 16 unspecified atom stereocenters. The van der Waals surface area contributed by atoms with Gasteiger partial charge in [-0.15, -0.1) is 0 Å². The summed E-state index contributed by atoms with van der Waals surface area (Å²) in [6, 6.07) is 0. The number of ether oxygens (including phenoxy) is 15. The number of hydrogen-bond acceptors (Lipinski definition) is 37. The van der Waals surface area contributed by atoms with Gasteiger partial charge in [0, 0.05) is 6.92 Å². The molecule has 0 aromatic carbocycles. The van der Waals surface area contributed by atoms with Crippen molar-refractivity contribution in [3.63, 3.8) is 0 Å². The van der Waals surface area contributed by atoms with E-state index in [9.17, 15) is 111 Å². The molecule has 12 aliphatic rings. The molecule has 12 rings (SSSR count). The summed E-state index contributed by atoms with van der Waals surface area (Å²) in [5, 5.41) is 211.